The Bertz CT molecular complexity index is 800. The van der Waals surface area contributed by atoms with E-state index in [0.717, 1.165) is 49.9 Å². The topological polar surface area (TPSA) is 56.7 Å². The number of morpholine rings is 1. The fourth-order valence-electron chi connectivity index (χ4n) is 2.90. The second kappa shape index (κ2) is 10.0. The Kier molecular flexibility index (Phi) is 7.63. The highest BCUT2D eigenvalue weighted by molar-refractivity contribution is 6.74. The van der Waals surface area contributed by atoms with Gasteiger partial charge in [0.1, 0.15) is 12.4 Å². The molecule has 0 bridgehead atoms. The molecule has 2 heterocycles. The fourth-order valence-corrected chi connectivity index (χ4v) is 3.85. The number of benzene rings is 1. The van der Waals surface area contributed by atoms with Gasteiger partial charge in [-0.1, -0.05) is 20.8 Å². The van der Waals surface area contributed by atoms with Crippen molar-refractivity contribution in [2.75, 3.05) is 39.5 Å². The third kappa shape index (κ3) is 6.35. The van der Waals surface area contributed by atoms with Crippen molar-refractivity contribution in [3.05, 3.63) is 42.2 Å². The summed E-state index contributed by atoms with van der Waals surface area (Å²) in [7, 11) is -1.80. The maximum Gasteiger partial charge on any atom is 0.192 e. The minimum absolute atomic E-state index is 0.181. The van der Waals surface area contributed by atoms with E-state index in [2.05, 4.69) is 43.7 Å². The molecule has 0 aliphatic carbocycles. The molecule has 2 aromatic rings. The quantitative estimate of drug-likeness (QED) is 0.581. The molecule has 6 nitrogen and oxygen atoms in total. The maximum atomic E-state index is 6.30. The first kappa shape index (κ1) is 22.9. The lowest BCUT2D eigenvalue weighted by Crippen LogP contribution is -2.40. The normalized spacial score (nSPS) is 15.9. The molecule has 0 atom stereocenters. The molecular formula is C23H35N3O3Si. The zero-order chi connectivity index (χ0) is 21.6. The largest absolute Gasteiger partial charge is 0.492 e. The molecule has 0 amide bonds. The van der Waals surface area contributed by atoms with Crippen LogP contribution >= 0.6 is 0 Å². The molecule has 1 aliphatic heterocycles. The number of hydrogen-bond acceptors (Lipinski definition) is 6. The molecule has 0 saturated carbocycles. The van der Waals surface area contributed by atoms with Crippen molar-refractivity contribution in [1.29, 1.82) is 0 Å². The van der Waals surface area contributed by atoms with E-state index in [9.17, 15) is 0 Å². The van der Waals surface area contributed by atoms with Gasteiger partial charge in [0, 0.05) is 31.4 Å². The van der Waals surface area contributed by atoms with Gasteiger partial charge < -0.3 is 13.9 Å². The molecule has 30 heavy (non-hydrogen) atoms. The van der Waals surface area contributed by atoms with E-state index in [1.54, 1.807) is 6.20 Å². The number of aromatic nitrogens is 2. The second-order valence-corrected chi connectivity index (χ2v) is 14.1. The molecular weight excluding hydrogens is 394 g/mol. The predicted octanol–water partition coefficient (Wildman–Crippen LogP) is 4.38. The van der Waals surface area contributed by atoms with E-state index in [0.29, 0.717) is 19.0 Å². The predicted molar refractivity (Wildman–Crippen MR) is 122 cm³/mol. The summed E-state index contributed by atoms with van der Waals surface area (Å²) in [6.45, 7) is 17.0. The Hall–Kier alpha value is -1.80. The fraction of sp³-hybridized carbons (Fsp3) is 0.565. The highest BCUT2D eigenvalue weighted by atomic mass is 28.4. The monoisotopic (exact) mass is 429 g/mol. The Labute approximate surface area is 181 Å². The van der Waals surface area contributed by atoms with Crippen molar-refractivity contribution in [3.63, 3.8) is 0 Å². The summed E-state index contributed by atoms with van der Waals surface area (Å²) in [5.74, 6) is 1.58. The summed E-state index contributed by atoms with van der Waals surface area (Å²) in [6, 6.07) is 9.92. The zero-order valence-electron chi connectivity index (χ0n) is 19.0. The van der Waals surface area contributed by atoms with Gasteiger partial charge in [0.25, 0.3) is 0 Å². The van der Waals surface area contributed by atoms with E-state index >= 15 is 0 Å². The third-order valence-electron chi connectivity index (χ3n) is 5.99. The van der Waals surface area contributed by atoms with Gasteiger partial charge in [-0.15, -0.1) is 0 Å². The minimum Gasteiger partial charge on any atom is -0.492 e. The molecule has 0 radical (unpaired) electrons. The van der Waals surface area contributed by atoms with Gasteiger partial charge in [0.05, 0.1) is 25.5 Å². The van der Waals surface area contributed by atoms with Crippen LogP contribution in [-0.4, -0.2) is 62.6 Å². The highest BCUT2D eigenvalue weighted by Gasteiger charge is 2.37. The van der Waals surface area contributed by atoms with Crippen molar-refractivity contribution in [2.45, 2.75) is 45.5 Å². The van der Waals surface area contributed by atoms with E-state index in [1.807, 2.05) is 30.3 Å². The second-order valence-electron chi connectivity index (χ2n) is 9.25. The summed E-state index contributed by atoms with van der Waals surface area (Å²) < 4.78 is 17.6. The molecule has 1 fully saturated rings. The first-order chi connectivity index (χ1) is 14.2. The summed E-state index contributed by atoms with van der Waals surface area (Å²) in [4.78, 5) is 11.5. The SMILES string of the molecule is CC(C)(C)[Si](C)(C)OCc1ccnc(-c2ccc(OCCN3CCOCC3)cc2)n1. The van der Waals surface area contributed by atoms with Crippen LogP contribution in [0, 0.1) is 0 Å². The van der Waals surface area contributed by atoms with E-state index < -0.39 is 8.32 Å². The lowest BCUT2D eigenvalue weighted by Gasteiger charge is -2.36. The molecule has 1 aliphatic rings. The van der Waals surface area contributed by atoms with Gasteiger partial charge in [-0.25, -0.2) is 9.97 Å². The molecule has 1 aromatic heterocycles. The molecule has 1 saturated heterocycles. The molecule has 7 heteroatoms. The molecule has 0 N–H and O–H groups in total. The van der Waals surface area contributed by atoms with Crippen molar-refractivity contribution >= 4 is 8.32 Å². The van der Waals surface area contributed by atoms with Gasteiger partial charge in [-0.05, 0) is 48.5 Å². The van der Waals surface area contributed by atoms with Crippen LogP contribution < -0.4 is 4.74 Å². The maximum absolute atomic E-state index is 6.30. The average molecular weight is 430 g/mol. The van der Waals surface area contributed by atoms with Gasteiger partial charge in [0.15, 0.2) is 14.1 Å². The lowest BCUT2D eigenvalue weighted by atomic mass is 10.2. The summed E-state index contributed by atoms with van der Waals surface area (Å²) >= 11 is 0. The summed E-state index contributed by atoms with van der Waals surface area (Å²) in [6.07, 6.45) is 1.80. The van der Waals surface area contributed by atoms with E-state index in [4.69, 9.17) is 18.9 Å². The van der Waals surface area contributed by atoms with Crippen LogP contribution in [0.25, 0.3) is 11.4 Å². The molecule has 0 unspecified atom stereocenters. The number of nitrogens with zero attached hydrogens (tertiary/aromatic N) is 3. The number of ether oxygens (including phenoxy) is 2. The minimum atomic E-state index is -1.80. The zero-order valence-corrected chi connectivity index (χ0v) is 20.0. The van der Waals surface area contributed by atoms with Crippen LogP contribution in [0.15, 0.2) is 36.5 Å². The molecule has 3 rings (SSSR count). The Balaban J connectivity index is 1.55. The molecule has 164 valence electrons. The lowest BCUT2D eigenvalue weighted by molar-refractivity contribution is 0.0322. The third-order valence-corrected chi connectivity index (χ3v) is 10.5. The van der Waals surface area contributed by atoms with Crippen molar-refractivity contribution in [1.82, 2.24) is 14.9 Å². The molecule has 0 spiro atoms. The standard InChI is InChI=1S/C23H35N3O3Si/c1-23(2,3)30(4,5)29-18-20-10-11-24-22(25-20)19-6-8-21(9-7-19)28-17-14-26-12-15-27-16-13-26/h6-11H,12-18H2,1-5H3. The van der Waals surface area contributed by atoms with E-state index in [1.165, 1.54) is 0 Å². The van der Waals surface area contributed by atoms with Crippen molar-refractivity contribution in [2.24, 2.45) is 0 Å². The van der Waals surface area contributed by atoms with Crippen LogP contribution in [0.4, 0.5) is 0 Å². The Morgan fingerprint density at radius 2 is 1.77 bits per heavy atom. The Morgan fingerprint density at radius 3 is 2.43 bits per heavy atom. The highest BCUT2D eigenvalue weighted by Crippen LogP contribution is 2.37. The van der Waals surface area contributed by atoms with E-state index in [-0.39, 0.29) is 5.04 Å². The van der Waals surface area contributed by atoms with Crippen LogP contribution in [0.1, 0.15) is 26.5 Å². The van der Waals surface area contributed by atoms with Crippen molar-refractivity contribution < 1.29 is 13.9 Å². The van der Waals surface area contributed by atoms with Crippen LogP contribution in [0.2, 0.25) is 18.1 Å². The number of rotatable bonds is 8. The van der Waals surface area contributed by atoms with Gasteiger partial charge in [0.2, 0.25) is 0 Å². The van der Waals surface area contributed by atoms with Gasteiger partial charge >= 0.3 is 0 Å². The Morgan fingerprint density at radius 1 is 1.07 bits per heavy atom. The first-order valence-electron chi connectivity index (χ1n) is 10.7. The average Bonchev–Trinajstić information content (AvgIpc) is 2.73. The first-order valence-corrected chi connectivity index (χ1v) is 13.6. The van der Waals surface area contributed by atoms with Crippen LogP contribution in [-0.2, 0) is 15.8 Å². The summed E-state index contributed by atoms with van der Waals surface area (Å²) in [5, 5.41) is 0.181. The van der Waals surface area contributed by atoms with Crippen LogP contribution in [0.3, 0.4) is 0 Å². The molecule has 1 aromatic carbocycles. The van der Waals surface area contributed by atoms with Crippen molar-refractivity contribution in [3.8, 4) is 17.1 Å². The summed E-state index contributed by atoms with van der Waals surface area (Å²) in [5.41, 5.74) is 1.89. The van der Waals surface area contributed by atoms with Gasteiger partial charge in [-0.2, -0.15) is 0 Å². The number of hydrogen-bond donors (Lipinski definition) is 0. The van der Waals surface area contributed by atoms with Gasteiger partial charge in [-0.3, -0.25) is 4.90 Å². The van der Waals surface area contributed by atoms with Crippen LogP contribution in [0.5, 0.6) is 5.75 Å². The smallest absolute Gasteiger partial charge is 0.192 e.